The number of nitrogens with zero attached hydrogens (tertiary/aromatic N) is 1. The zero-order chi connectivity index (χ0) is 12.0. The average Bonchev–Trinajstić information content (AvgIpc) is 2.86. The maximum absolute atomic E-state index is 6.04. The third-order valence-electron chi connectivity index (χ3n) is 6.04. The van der Waals surface area contributed by atoms with Crippen molar-refractivity contribution in [1.29, 1.82) is 0 Å². The first-order chi connectivity index (χ1) is 8.13. The van der Waals surface area contributed by atoms with Crippen LogP contribution in [0.4, 0.5) is 0 Å². The second-order valence-corrected chi connectivity index (χ2v) is 7.26. The maximum atomic E-state index is 6.04. The number of hydrogen-bond donors (Lipinski definition) is 1. The molecule has 17 heavy (non-hydrogen) atoms. The predicted molar refractivity (Wildman–Crippen MR) is 71.8 cm³/mol. The molecule has 3 atom stereocenters. The van der Waals surface area contributed by atoms with E-state index < -0.39 is 0 Å². The summed E-state index contributed by atoms with van der Waals surface area (Å²) in [5.41, 5.74) is 6.40. The van der Waals surface area contributed by atoms with E-state index in [2.05, 4.69) is 18.9 Å². The lowest BCUT2D eigenvalue weighted by Gasteiger charge is -2.53. The number of fused-ring (bicyclic) bond motifs is 2. The van der Waals surface area contributed by atoms with Crippen molar-refractivity contribution in [3.05, 3.63) is 0 Å². The monoisotopic (exact) mass is 236 g/mol. The molecule has 98 valence electrons. The van der Waals surface area contributed by atoms with Gasteiger partial charge in [0.1, 0.15) is 0 Å². The van der Waals surface area contributed by atoms with Gasteiger partial charge in [-0.3, -0.25) is 4.90 Å². The van der Waals surface area contributed by atoms with E-state index in [9.17, 15) is 0 Å². The van der Waals surface area contributed by atoms with Crippen LogP contribution >= 0.6 is 0 Å². The molecule has 0 spiro atoms. The van der Waals surface area contributed by atoms with E-state index >= 15 is 0 Å². The molecular weight excluding hydrogens is 208 g/mol. The molecule has 2 bridgehead atoms. The molecule has 3 saturated carbocycles. The summed E-state index contributed by atoms with van der Waals surface area (Å²) >= 11 is 0. The van der Waals surface area contributed by atoms with E-state index in [-0.39, 0.29) is 0 Å². The zero-order valence-corrected chi connectivity index (χ0v) is 11.5. The molecule has 2 heteroatoms. The highest BCUT2D eigenvalue weighted by atomic mass is 15.2. The molecular formula is C15H28N2. The summed E-state index contributed by atoms with van der Waals surface area (Å²) in [7, 11) is 2.32. The molecule has 0 heterocycles. The Bertz CT molecular complexity index is 283. The summed E-state index contributed by atoms with van der Waals surface area (Å²) in [6.07, 6.45) is 8.70. The molecule has 0 aromatic carbocycles. The molecule has 0 aromatic rings. The van der Waals surface area contributed by atoms with Crippen molar-refractivity contribution in [2.75, 3.05) is 20.1 Å². The largest absolute Gasteiger partial charge is 0.329 e. The quantitative estimate of drug-likeness (QED) is 0.812. The Kier molecular flexibility index (Phi) is 2.99. The molecule has 2 nitrogen and oxygen atoms in total. The van der Waals surface area contributed by atoms with Crippen LogP contribution in [0.5, 0.6) is 0 Å². The van der Waals surface area contributed by atoms with Gasteiger partial charge in [0, 0.05) is 18.6 Å². The normalized spacial score (nSPS) is 48.7. The first-order valence-electron chi connectivity index (χ1n) is 7.54. The number of rotatable bonds is 4. The van der Waals surface area contributed by atoms with Crippen LogP contribution < -0.4 is 5.73 Å². The van der Waals surface area contributed by atoms with E-state index in [1.54, 1.807) is 0 Å². The summed E-state index contributed by atoms with van der Waals surface area (Å²) in [4.78, 5) is 2.62. The van der Waals surface area contributed by atoms with Crippen LogP contribution in [0.25, 0.3) is 0 Å². The fourth-order valence-electron chi connectivity index (χ4n) is 5.02. The number of likely N-dealkylation sites (N-methyl/N-ethyl adjacent to an activating group) is 1. The summed E-state index contributed by atoms with van der Waals surface area (Å²) in [5, 5.41) is 0. The van der Waals surface area contributed by atoms with Crippen molar-refractivity contribution in [3.63, 3.8) is 0 Å². The molecule has 3 aliphatic rings. The SMILES string of the molecule is CC1CC(CN)(N(C)CC2CC3CCC2C3)C1. The maximum Gasteiger partial charge on any atom is 0.0333 e. The predicted octanol–water partition coefficient (Wildman–Crippen LogP) is 2.48. The van der Waals surface area contributed by atoms with Crippen LogP contribution in [0.2, 0.25) is 0 Å². The van der Waals surface area contributed by atoms with E-state index in [1.165, 1.54) is 45.1 Å². The lowest BCUT2D eigenvalue weighted by atomic mass is 9.68. The Hall–Kier alpha value is -0.0800. The van der Waals surface area contributed by atoms with Crippen LogP contribution in [-0.4, -0.2) is 30.6 Å². The molecule has 3 fully saturated rings. The average molecular weight is 236 g/mol. The van der Waals surface area contributed by atoms with Gasteiger partial charge in [-0.15, -0.1) is 0 Å². The fraction of sp³-hybridized carbons (Fsp3) is 1.00. The Morgan fingerprint density at radius 1 is 1.24 bits per heavy atom. The molecule has 0 aliphatic heterocycles. The topological polar surface area (TPSA) is 29.3 Å². The Morgan fingerprint density at radius 3 is 2.47 bits per heavy atom. The molecule has 0 amide bonds. The van der Waals surface area contributed by atoms with Gasteiger partial charge < -0.3 is 5.73 Å². The van der Waals surface area contributed by atoms with E-state index in [4.69, 9.17) is 5.73 Å². The minimum absolute atomic E-state index is 0.362. The minimum atomic E-state index is 0.362. The van der Waals surface area contributed by atoms with Gasteiger partial charge in [0.2, 0.25) is 0 Å². The summed E-state index contributed by atoms with van der Waals surface area (Å²) in [6, 6.07) is 0. The van der Waals surface area contributed by atoms with E-state index in [0.717, 1.165) is 30.2 Å². The highest BCUT2D eigenvalue weighted by molar-refractivity contribution is 5.02. The number of hydrogen-bond acceptors (Lipinski definition) is 2. The van der Waals surface area contributed by atoms with Gasteiger partial charge in [0.25, 0.3) is 0 Å². The summed E-state index contributed by atoms with van der Waals surface area (Å²) < 4.78 is 0. The van der Waals surface area contributed by atoms with Crippen LogP contribution in [0.1, 0.15) is 45.4 Å². The van der Waals surface area contributed by atoms with Crippen molar-refractivity contribution in [2.45, 2.75) is 51.0 Å². The van der Waals surface area contributed by atoms with Crippen LogP contribution in [0.3, 0.4) is 0 Å². The van der Waals surface area contributed by atoms with Gasteiger partial charge in [-0.1, -0.05) is 13.3 Å². The van der Waals surface area contributed by atoms with Crippen molar-refractivity contribution in [1.82, 2.24) is 4.90 Å². The van der Waals surface area contributed by atoms with Gasteiger partial charge in [-0.05, 0) is 62.8 Å². The zero-order valence-electron chi connectivity index (χ0n) is 11.5. The van der Waals surface area contributed by atoms with Crippen molar-refractivity contribution in [3.8, 4) is 0 Å². The Balaban J connectivity index is 1.58. The molecule has 2 N–H and O–H groups in total. The van der Waals surface area contributed by atoms with Crippen LogP contribution in [0, 0.1) is 23.7 Å². The number of nitrogens with two attached hydrogens (primary N) is 1. The third-order valence-corrected chi connectivity index (χ3v) is 6.04. The molecule has 0 saturated heterocycles. The second kappa shape index (κ2) is 4.24. The molecule has 3 rings (SSSR count). The van der Waals surface area contributed by atoms with Crippen LogP contribution in [0.15, 0.2) is 0 Å². The molecule has 3 unspecified atom stereocenters. The first-order valence-corrected chi connectivity index (χ1v) is 7.54. The van der Waals surface area contributed by atoms with Gasteiger partial charge in [-0.2, -0.15) is 0 Å². The van der Waals surface area contributed by atoms with Gasteiger partial charge >= 0.3 is 0 Å². The highest BCUT2D eigenvalue weighted by Gasteiger charge is 2.46. The Morgan fingerprint density at radius 2 is 2.00 bits per heavy atom. The van der Waals surface area contributed by atoms with Crippen molar-refractivity contribution >= 4 is 0 Å². The molecule has 0 radical (unpaired) electrons. The van der Waals surface area contributed by atoms with E-state index in [0.29, 0.717) is 5.54 Å². The summed E-state index contributed by atoms with van der Waals surface area (Å²) in [5.74, 6) is 4.00. The highest BCUT2D eigenvalue weighted by Crippen LogP contribution is 2.50. The Labute approximate surface area is 106 Å². The van der Waals surface area contributed by atoms with Crippen molar-refractivity contribution < 1.29 is 0 Å². The summed E-state index contributed by atoms with van der Waals surface area (Å²) in [6.45, 7) is 4.53. The van der Waals surface area contributed by atoms with Crippen LogP contribution in [-0.2, 0) is 0 Å². The lowest BCUT2D eigenvalue weighted by Crippen LogP contribution is -2.60. The van der Waals surface area contributed by atoms with Gasteiger partial charge in [0.15, 0.2) is 0 Å². The molecule has 0 aromatic heterocycles. The minimum Gasteiger partial charge on any atom is -0.329 e. The van der Waals surface area contributed by atoms with Crippen molar-refractivity contribution in [2.24, 2.45) is 29.4 Å². The smallest absolute Gasteiger partial charge is 0.0333 e. The fourth-order valence-corrected chi connectivity index (χ4v) is 5.02. The molecule has 3 aliphatic carbocycles. The van der Waals surface area contributed by atoms with Gasteiger partial charge in [-0.25, -0.2) is 0 Å². The second-order valence-electron chi connectivity index (χ2n) is 7.26. The third kappa shape index (κ3) is 1.94. The lowest BCUT2D eigenvalue weighted by molar-refractivity contribution is -0.00856. The van der Waals surface area contributed by atoms with E-state index in [1.807, 2.05) is 0 Å². The van der Waals surface area contributed by atoms with Gasteiger partial charge in [0.05, 0.1) is 0 Å². The standard InChI is InChI=1S/C15H28N2/c1-11-7-15(8-11,10-16)17(2)9-14-6-12-3-4-13(14)5-12/h11-14H,3-10,16H2,1-2H3. The first kappa shape index (κ1) is 12.0.